The number of methoxy groups -OCH3 is 2. The van der Waals surface area contributed by atoms with Gasteiger partial charge in [-0.1, -0.05) is 11.3 Å². The average Bonchev–Trinajstić information content (AvgIpc) is 3.30. The van der Waals surface area contributed by atoms with E-state index in [9.17, 15) is 9.59 Å². The van der Waals surface area contributed by atoms with E-state index in [1.165, 1.54) is 0 Å². The molecule has 9 heteroatoms. The second-order valence-corrected chi connectivity index (χ2v) is 7.54. The Morgan fingerprint density at radius 2 is 1.77 bits per heavy atom. The van der Waals surface area contributed by atoms with Crippen LogP contribution in [0.15, 0.2) is 24.4 Å². The highest BCUT2D eigenvalue weighted by atomic mass is 16.5. The van der Waals surface area contributed by atoms with Crippen molar-refractivity contribution in [3.63, 3.8) is 0 Å². The molecule has 0 atom stereocenters. The van der Waals surface area contributed by atoms with Gasteiger partial charge in [-0.05, 0) is 44.4 Å². The zero-order chi connectivity index (χ0) is 22.4. The Bertz CT molecular complexity index is 901. The van der Waals surface area contributed by atoms with E-state index in [1.807, 2.05) is 36.9 Å². The van der Waals surface area contributed by atoms with Crippen molar-refractivity contribution in [3.8, 4) is 11.5 Å². The molecule has 1 saturated heterocycles. The Kier molecular flexibility index (Phi) is 7.49. The summed E-state index contributed by atoms with van der Waals surface area (Å²) < 4.78 is 12.3. The number of piperidine rings is 1. The van der Waals surface area contributed by atoms with Gasteiger partial charge in [0.25, 0.3) is 5.91 Å². The van der Waals surface area contributed by atoms with E-state index in [2.05, 4.69) is 10.3 Å². The second kappa shape index (κ2) is 10.3. The van der Waals surface area contributed by atoms with Crippen LogP contribution in [0.3, 0.4) is 0 Å². The van der Waals surface area contributed by atoms with Crippen molar-refractivity contribution >= 4 is 11.8 Å². The van der Waals surface area contributed by atoms with Gasteiger partial charge >= 0.3 is 0 Å². The summed E-state index contributed by atoms with van der Waals surface area (Å²) in [6, 6.07) is 5.68. The fraction of sp³-hybridized carbons (Fsp3) is 0.545. The van der Waals surface area contributed by atoms with Crippen LogP contribution in [0.1, 0.15) is 48.8 Å². The van der Waals surface area contributed by atoms with Crippen LogP contribution >= 0.6 is 0 Å². The van der Waals surface area contributed by atoms with E-state index in [4.69, 9.17) is 9.47 Å². The number of carbonyl (C=O) groups is 2. The van der Waals surface area contributed by atoms with Gasteiger partial charge in [0.05, 0.1) is 32.9 Å². The monoisotopic (exact) mass is 429 g/mol. The van der Waals surface area contributed by atoms with Crippen LogP contribution in [0.2, 0.25) is 0 Å². The molecule has 0 radical (unpaired) electrons. The summed E-state index contributed by atoms with van der Waals surface area (Å²) >= 11 is 0. The van der Waals surface area contributed by atoms with Crippen molar-refractivity contribution in [2.45, 2.75) is 39.2 Å². The largest absolute Gasteiger partial charge is 0.493 e. The van der Waals surface area contributed by atoms with Crippen LogP contribution in [0.4, 0.5) is 0 Å². The Morgan fingerprint density at radius 1 is 1.10 bits per heavy atom. The van der Waals surface area contributed by atoms with Crippen LogP contribution in [0, 0.1) is 0 Å². The zero-order valence-electron chi connectivity index (χ0n) is 18.7. The molecule has 1 fully saturated rings. The number of rotatable bonds is 8. The fourth-order valence-corrected chi connectivity index (χ4v) is 3.88. The third-order valence-electron chi connectivity index (χ3n) is 5.77. The maximum Gasteiger partial charge on any atom is 0.276 e. The molecule has 9 nitrogen and oxygen atoms in total. The molecule has 0 unspecified atom stereocenters. The lowest BCUT2D eigenvalue weighted by Crippen LogP contribution is -2.40. The number of likely N-dealkylation sites (tertiary alicyclic amines) is 1. The van der Waals surface area contributed by atoms with Gasteiger partial charge in [-0.2, -0.15) is 0 Å². The molecule has 1 aromatic heterocycles. The predicted molar refractivity (Wildman–Crippen MR) is 115 cm³/mol. The molecule has 31 heavy (non-hydrogen) atoms. The fourth-order valence-electron chi connectivity index (χ4n) is 3.88. The van der Waals surface area contributed by atoms with Gasteiger partial charge < -0.3 is 19.3 Å². The molecule has 168 valence electrons. The van der Waals surface area contributed by atoms with E-state index in [-0.39, 0.29) is 17.9 Å². The van der Waals surface area contributed by atoms with Crippen molar-refractivity contribution in [2.75, 3.05) is 40.4 Å². The number of amides is 2. The predicted octanol–water partition coefficient (Wildman–Crippen LogP) is 2.18. The highest BCUT2D eigenvalue weighted by Gasteiger charge is 2.26. The summed E-state index contributed by atoms with van der Waals surface area (Å²) in [6.07, 6.45) is 3.60. The number of hydrogen-bond donors (Lipinski definition) is 0. The van der Waals surface area contributed by atoms with E-state index in [1.54, 1.807) is 30.0 Å². The van der Waals surface area contributed by atoms with Crippen LogP contribution < -0.4 is 9.47 Å². The summed E-state index contributed by atoms with van der Waals surface area (Å²) in [6.45, 7) is 6.47. The van der Waals surface area contributed by atoms with Crippen LogP contribution in [-0.4, -0.2) is 77.0 Å². The molecule has 1 aliphatic heterocycles. The molecule has 2 aromatic rings. The molecule has 0 aliphatic carbocycles. The van der Waals surface area contributed by atoms with E-state index < -0.39 is 0 Å². The van der Waals surface area contributed by atoms with Gasteiger partial charge in [0.15, 0.2) is 17.2 Å². The van der Waals surface area contributed by atoms with E-state index in [0.29, 0.717) is 49.8 Å². The molecule has 0 bridgehead atoms. The van der Waals surface area contributed by atoms with Gasteiger partial charge in [0.1, 0.15) is 0 Å². The molecule has 2 amide bonds. The standard InChI is InChI=1S/C22H31N5O4/c1-5-25(6-2)22(29)18-15-27(24-23-18)17-9-11-26(12-10-17)21(28)14-16-7-8-19(30-3)20(13-16)31-4/h7-8,13,15,17H,5-6,9-12,14H2,1-4H3. The lowest BCUT2D eigenvalue weighted by Gasteiger charge is -2.32. The summed E-state index contributed by atoms with van der Waals surface area (Å²) in [7, 11) is 3.17. The van der Waals surface area contributed by atoms with Crippen LogP contribution in [-0.2, 0) is 11.2 Å². The molecular formula is C22H31N5O4. The SMILES string of the molecule is CCN(CC)C(=O)c1cn(C2CCN(C(=O)Cc3ccc(OC)c(OC)c3)CC2)nn1. The summed E-state index contributed by atoms with van der Waals surface area (Å²) in [5, 5.41) is 8.24. The third-order valence-corrected chi connectivity index (χ3v) is 5.77. The summed E-state index contributed by atoms with van der Waals surface area (Å²) in [4.78, 5) is 28.8. The second-order valence-electron chi connectivity index (χ2n) is 7.54. The molecule has 2 heterocycles. The summed E-state index contributed by atoms with van der Waals surface area (Å²) in [5.74, 6) is 1.25. The van der Waals surface area contributed by atoms with E-state index in [0.717, 1.165) is 18.4 Å². The first kappa shape index (κ1) is 22.6. The molecule has 1 aromatic carbocycles. The molecule has 0 saturated carbocycles. The number of ether oxygens (including phenoxy) is 2. The van der Waals surface area contributed by atoms with Gasteiger partial charge in [-0.25, -0.2) is 4.68 Å². The Morgan fingerprint density at radius 3 is 2.39 bits per heavy atom. The maximum absolute atomic E-state index is 12.8. The molecule has 1 aliphatic rings. The number of nitrogens with zero attached hydrogens (tertiary/aromatic N) is 5. The lowest BCUT2D eigenvalue weighted by molar-refractivity contribution is -0.131. The van der Waals surface area contributed by atoms with E-state index >= 15 is 0 Å². The average molecular weight is 430 g/mol. The van der Waals surface area contributed by atoms with Gasteiger partial charge in [0.2, 0.25) is 5.91 Å². The highest BCUT2D eigenvalue weighted by molar-refractivity contribution is 5.91. The normalized spacial score (nSPS) is 14.4. The Balaban J connectivity index is 1.56. The first-order chi connectivity index (χ1) is 15.0. The van der Waals surface area contributed by atoms with Gasteiger partial charge in [-0.15, -0.1) is 5.10 Å². The quantitative estimate of drug-likeness (QED) is 0.639. The first-order valence-electron chi connectivity index (χ1n) is 10.7. The third kappa shape index (κ3) is 5.15. The number of benzene rings is 1. The zero-order valence-corrected chi connectivity index (χ0v) is 18.7. The van der Waals surface area contributed by atoms with Crippen LogP contribution in [0.5, 0.6) is 11.5 Å². The van der Waals surface area contributed by atoms with Crippen molar-refractivity contribution in [1.82, 2.24) is 24.8 Å². The Labute approximate surface area is 182 Å². The van der Waals surface area contributed by atoms with Crippen molar-refractivity contribution in [2.24, 2.45) is 0 Å². The molecule has 0 spiro atoms. The number of carbonyl (C=O) groups excluding carboxylic acids is 2. The maximum atomic E-state index is 12.8. The minimum absolute atomic E-state index is 0.0849. The van der Waals surface area contributed by atoms with Crippen molar-refractivity contribution < 1.29 is 19.1 Å². The van der Waals surface area contributed by atoms with Gasteiger partial charge in [-0.3, -0.25) is 9.59 Å². The smallest absolute Gasteiger partial charge is 0.276 e. The molecule has 3 rings (SSSR count). The highest BCUT2D eigenvalue weighted by Crippen LogP contribution is 2.28. The number of aromatic nitrogens is 3. The van der Waals surface area contributed by atoms with Gasteiger partial charge in [0, 0.05) is 26.2 Å². The first-order valence-corrected chi connectivity index (χ1v) is 10.7. The van der Waals surface area contributed by atoms with Crippen molar-refractivity contribution in [1.29, 1.82) is 0 Å². The number of hydrogen-bond acceptors (Lipinski definition) is 6. The minimum Gasteiger partial charge on any atom is -0.493 e. The Hall–Kier alpha value is -3.10. The molecule has 0 N–H and O–H groups in total. The molecular weight excluding hydrogens is 398 g/mol. The van der Waals surface area contributed by atoms with Crippen LogP contribution in [0.25, 0.3) is 0 Å². The van der Waals surface area contributed by atoms with Crippen molar-refractivity contribution in [3.05, 3.63) is 35.7 Å². The topological polar surface area (TPSA) is 89.8 Å². The lowest BCUT2D eigenvalue weighted by atomic mass is 10.0. The summed E-state index contributed by atoms with van der Waals surface area (Å²) in [5.41, 5.74) is 1.26. The minimum atomic E-state index is -0.0983.